The summed E-state index contributed by atoms with van der Waals surface area (Å²) in [5.41, 5.74) is 3.46. The Morgan fingerprint density at radius 3 is 2.79 bits per heavy atom. The van der Waals surface area contributed by atoms with Gasteiger partial charge in [-0.05, 0) is 6.92 Å². The molecule has 3 rings (SSSR count). The lowest BCUT2D eigenvalue weighted by Gasteiger charge is -2.05. The van der Waals surface area contributed by atoms with E-state index in [2.05, 4.69) is 46.5 Å². The lowest BCUT2D eigenvalue weighted by atomic mass is 10.1. The number of hydrogen-bond acceptors (Lipinski definition) is 4. The molecule has 0 aliphatic heterocycles. The van der Waals surface area contributed by atoms with E-state index < -0.39 is 0 Å². The van der Waals surface area contributed by atoms with Gasteiger partial charge in [0.1, 0.15) is 0 Å². The van der Waals surface area contributed by atoms with Gasteiger partial charge in [-0.15, -0.1) is 16.4 Å². The fourth-order valence-corrected chi connectivity index (χ4v) is 2.56. The highest BCUT2D eigenvalue weighted by atomic mass is 32.1. The topological polar surface area (TPSA) is 43.6 Å². The molecule has 0 amide bonds. The van der Waals surface area contributed by atoms with Gasteiger partial charge in [0.05, 0.1) is 16.9 Å². The third-order valence-corrected chi connectivity index (χ3v) is 3.83. The summed E-state index contributed by atoms with van der Waals surface area (Å²) >= 11 is 1.68. The van der Waals surface area contributed by atoms with Crippen LogP contribution in [0.25, 0.3) is 11.3 Å². The third-order valence-electron chi connectivity index (χ3n) is 2.99. The maximum absolute atomic E-state index is 4.29. The number of nitrogens with zero attached hydrogens (tertiary/aromatic N) is 4. The Bertz CT molecular complexity index is 640. The Kier molecular flexibility index (Phi) is 3.37. The quantitative estimate of drug-likeness (QED) is 0.732. The lowest BCUT2D eigenvalue weighted by Crippen LogP contribution is -2.05. The third kappa shape index (κ3) is 2.71. The highest BCUT2D eigenvalue weighted by Crippen LogP contribution is 2.19. The molecule has 2 aromatic heterocycles. The Morgan fingerprint density at radius 1 is 1.21 bits per heavy atom. The molecule has 0 spiro atoms. The van der Waals surface area contributed by atoms with Crippen molar-refractivity contribution in [1.82, 2.24) is 20.0 Å². The van der Waals surface area contributed by atoms with Crippen molar-refractivity contribution in [2.45, 2.75) is 19.9 Å². The second-order valence-electron chi connectivity index (χ2n) is 4.38. The van der Waals surface area contributed by atoms with Crippen LogP contribution in [0.3, 0.4) is 0 Å². The molecule has 4 nitrogen and oxygen atoms in total. The van der Waals surface area contributed by atoms with Gasteiger partial charge in [-0.2, -0.15) is 0 Å². The zero-order valence-corrected chi connectivity index (χ0v) is 11.5. The molecule has 19 heavy (non-hydrogen) atoms. The van der Waals surface area contributed by atoms with Gasteiger partial charge < -0.3 is 0 Å². The van der Waals surface area contributed by atoms with E-state index in [4.69, 9.17) is 0 Å². The lowest BCUT2D eigenvalue weighted by molar-refractivity contribution is 0.593. The van der Waals surface area contributed by atoms with Gasteiger partial charge in [0, 0.05) is 30.1 Å². The number of aromatic nitrogens is 4. The number of thiazole rings is 1. The summed E-state index contributed by atoms with van der Waals surface area (Å²) in [5.74, 6) is 0. The molecule has 5 heteroatoms. The first-order chi connectivity index (χ1) is 9.33. The molecule has 0 N–H and O–H groups in total. The van der Waals surface area contributed by atoms with Gasteiger partial charge in [-0.25, -0.2) is 9.67 Å². The Morgan fingerprint density at radius 2 is 2.05 bits per heavy atom. The van der Waals surface area contributed by atoms with E-state index in [-0.39, 0.29) is 0 Å². The monoisotopic (exact) mass is 270 g/mol. The van der Waals surface area contributed by atoms with Crippen LogP contribution in [0.4, 0.5) is 0 Å². The summed E-state index contributed by atoms with van der Waals surface area (Å²) in [6.45, 7) is 2.89. The molecular weight excluding hydrogens is 256 g/mol. The molecule has 0 saturated carbocycles. The summed E-state index contributed by atoms with van der Waals surface area (Å²) < 4.78 is 1.94. The molecule has 3 aromatic rings. The van der Waals surface area contributed by atoms with Crippen molar-refractivity contribution in [2.75, 3.05) is 0 Å². The van der Waals surface area contributed by atoms with Crippen LogP contribution in [-0.2, 0) is 13.0 Å². The minimum atomic E-state index is 0.802. The zero-order chi connectivity index (χ0) is 13.1. The van der Waals surface area contributed by atoms with Crippen LogP contribution >= 0.6 is 11.3 Å². The van der Waals surface area contributed by atoms with E-state index in [1.54, 1.807) is 11.3 Å². The average molecular weight is 270 g/mol. The molecule has 0 fully saturated rings. The summed E-state index contributed by atoms with van der Waals surface area (Å²) in [6.07, 6.45) is 4.54. The summed E-state index contributed by atoms with van der Waals surface area (Å²) in [4.78, 5) is 4.29. The van der Waals surface area contributed by atoms with Gasteiger partial charge in [0.25, 0.3) is 0 Å². The van der Waals surface area contributed by atoms with Gasteiger partial charge in [-0.3, -0.25) is 0 Å². The van der Waals surface area contributed by atoms with Crippen molar-refractivity contribution in [2.24, 2.45) is 0 Å². The van der Waals surface area contributed by atoms with Gasteiger partial charge in [0.2, 0.25) is 0 Å². The Balaban J connectivity index is 1.80. The molecule has 0 aliphatic carbocycles. The van der Waals surface area contributed by atoms with Gasteiger partial charge in [-0.1, -0.05) is 35.0 Å². The number of rotatable bonds is 4. The number of benzene rings is 1. The van der Waals surface area contributed by atoms with Crippen LogP contribution < -0.4 is 0 Å². The fraction of sp³-hybridized carbons (Fsp3) is 0.214. The van der Waals surface area contributed by atoms with Crippen molar-refractivity contribution in [3.8, 4) is 11.3 Å². The molecular formula is C14H14N4S. The molecule has 0 radical (unpaired) electrons. The van der Waals surface area contributed by atoms with E-state index in [1.165, 1.54) is 5.56 Å². The predicted molar refractivity (Wildman–Crippen MR) is 76.0 cm³/mol. The molecule has 0 saturated heterocycles. The van der Waals surface area contributed by atoms with Crippen molar-refractivity contribution in [3.05, 3.63) is 52.6 Å². The predicted octanol–water partition coefficient (Wildman–Crippen LogP) is 2.95. The second kappa shape index (κ2) is 5.32. The highest BCUT2D eigenvalue weighted by Gasteiger charge is 2.07. The van der Waals surface area contributed by atoms with E-state index in [1.807, 2.05) is 22.5 Å². The maximum atomic E-state index is 4.29. The van der Waals surface area contributed by atoms with E-state index >= 15 is 0 Å². The average Bonchev–Trinajstić information content (AvgIpc) is 3.08. The summed E-state index contributed by atoms with van der Waals surface area (Å²) in [5, 5.41) is 11.3. The Labute approximate surface area is 115 Å². The first-order valence-corrected chi connectivity index (χ1v) is 7.05. The molecule has 0 atom stereocenters. The normalized spacial score (nSPS) is 10.8. The van der Waals surface area contributed by atoms with Crippen LogP contribution in [0.5, 0.6) is 0 Å². The number of aryl methyl sites for hydroxylation is 3. The van der Waals surface area contributed by atoms with Crippen LogP contribution in [0.2, 0.25) is 0 Å². The number of hydrogen-bond donors (Lipinski definition) is 0. The van der Waals surface area contributed by atoms with E-state index in [0.29, 0.717) is 0 Å². The zero-order valence-electron chi connectivity index (χ0n) is 10.7. The highest BCUT2D eigenvalue weighted by molar-refractivity contribution is 7.09. The maximum Gasteiger partial charge on any atom is 0.0943 e. The first kappa shape index (κ1) is 12.0. The summed E-state index contributed by atoms with van der Waals surface area (Å²) in [7, 11) is 0. The van der Waals surface area contributed by atoms with Crippen molar-refractivity contribution in [1.29, 1.82) is 0 Å². The molecule has 96 valence electrons. The van der Waals surface area contributed by atoms with Crippen LogP contribution in [-0.4, -0.2) is 20.0 Å². The van der Waals surface area contributed by atoms with E-state index in [0.717, 1.165) is 29.2 Å². The van der Waals surface area contributed by atoms with Crippen LogP contribution in [0.1, 0.15) is 10.6 Å². The standard InChI is InChI=1S/C14H14N4S/c1-11-2-4-12(5-3-11)13-10-16-17-18(13)8-6-14-15-7-9-19-14/h2-5,7,9-10H,6,8H2,1H3. The molecule has 0 bridgehead atoms. The molecule has 0 unspecified atom stereocenters. The van der Waals surface area contributed by atoms with Crippen molar-refractivity contribution < 1.29 is 0 Å². The summed E-state index contributed by atoms with van der Waals surface area (Å²) in [6, 6.07) is 8.42. The molecule has 0 aliphatic rings. The minimum Gasteiger partial charge on any atom is -0.250 e. The van der Waals surface area contributed by atoms with Crippen LogP contribution in [0.15, 0.2) is 42.0 Å². The SMILES string of the molecule is Cc1ccc(-c2cnnn2CCc2nccs2)cc1. The van der Waals surface area contributed by atoms with Gasteiger partial charge in [0.15, 0.2) is 0 Å². The molecule has 2 heterocycles. The first-order valence-electron chi connectivity index (χ1n) is 6.17. The largest absolute Gasteiger partial charge is 0.250 e. The minimum absolute atomic E-state index is 0.802. The second-order valence-corrected chi connectivity index (χ2v) is 5.36. The smallest absolute Gasteiger partial charge is 0.0943 e. The fourth-order valence-electron chi connectivity index (χ4n) is 1.95. The van der Waals surface area contributed by atoms with Crippen molar-refractivity contribution >= 4 is 11.3 Å². The molecule has 1 aromatic carbocycles. The van der Waals surface area contributed by atoms with Crippen LogP contribution in [0, 0.1) is 6.92 Å². The van der Waals surface area contributed by atoms with Crippen molar-refractivity contribution in [3.63, 3.8) is 0 Å². The van der Waals surface area contributed by atoms with Gasteiger partial charge >= 0.3 is 0 Å². The Hall–Kier alpha value is -2.01. The van der Waals surface area contributed by atoms with E-state index in [9.17, 15) is 0 Å².